The summed E-state index contributed by atoms with van der Waals surface area (Å²) in [6.45, 7) is 0.832. The summed E-state index contributed by atoms with van der Waals surface area (Å²) in [5.41, 5.74) is 9.90. The van der Waals surface area contributed by atoms with Gasteiger partial charge >= 0.3 is 5.97 Å². The third-order valence-corrected chi connectivity index (χ3v) is 6.20. The zero-order valence-electron chi connectivity index (χ0n) is 16.1. The van der Waals surface area contributed by atoms with Crippen molar-refractivity contribution in [3.8, 4) is 0 Å². The molecule has 7 nitrogen and oxygen atoms in total. The number of carboxylic acids is 1. The molecule has 0 radical (unpaired) electrons. The van der Waals surface area contributed by atoms with E-state index in [1.54, 1.807) is 0 Å². The maximum atomic E-state index is 15.7. The lowest BCUT2D eigenvalue weighted by Gasteiger charge is -2.32. The van der Waals surface area contributed by atoms with Gasteiger partial charge in [-0.2, -0.15) is 0 Å². The highest BCUT2D eigenvalue weighted by atomic mass is 35.5. The minimum absolute atomic E-state index is 0.150. The Kier molecular flexibility index (Phi) is 5.19. The number of halogens is 3. The maximum absolute atomic E-state index is 15.7. The van der Waals surface area contributed by atoms with Crippen LogP contribution in [0.25, 0.3) is 10.9 Å². The van der Waals surface area contributed by atoms with Gasteiger partial charge in [0.25, 0.3) is 0 Å². The molecule has 1 aliphatic carbocycles. The molecule has 1 saturated carbocycles. The standard InChI is InChI=1S/C20H21ClF2N4O3/c21-12(7-24)9-3-5-26(6-4-9)18-14(22)16(25)13-17(15(18)23)27(10-1-2-10)8-11(19(13)28)20(29)30/h8,10H,1-7,24-25H2,(H,29,30). The average Bonchev–Trinajstić information content (AvgIpc) is 3.57. The number of pyridine rings is 1. The lowest BCUT2D eigenvalue weighted by Crippen LogP contribution is -2.33. The molecule has 2 fully saturated rings. The van der Waals surface area contributed by atoms with Gasteiger partial charge in [-0.25, -0.2) is 13.6 Å². The van der Waals surface area contributed by atoms with E-state index in [0.717, 1.165) is 11.8 Å². The molecule has 0 bridgehead atoms. The van der Waals surface area contributed by atoms with Gasteiger partial charge in [0.1, 0.15) is 11.3 Å². The maximum Gasteiger partial charge on any atom is 0.341 e. The number of benzene rings is 1. The summed E-state index contributed by atoms with van der Waals surface area (Å²) in [6.07, 6.45) is 3.55. The lowest BCUT2D eigenvalue weighted by molar-refractivity contribution is 0.0695. The van der Waals surface area contributed by atoms with Gasteiger partial charge in [-0.3, -0.25) is 4.79 Å². The average molecular weight is 439 g/mol. The number of nitrogens with zero attached hydrogens (tertiary/aromatic N) is 2. The van der Waals surface area contributed by atoms with Crippen molar-refractivity contribution in [1.29, 1.82) is 0 Å². The van der Waals surface area contributed by atoms with E-state index in [1.165, 1.54) is 9.47 Å². The molecule has 2 aliphatic rings. The lowest BCUT2D eigenvalue weighted by atomic mass is 10.0. The van der Waals surface area contributed by atoms with Gasteiger partial charge in [0.05, 0.1) is 16.6 Å². The molecule has 5 N–H and O–H groups in total. The monoisotopic (exact) mass is 438 g/mol. The van der Waals surface area contributed by atoms with Gasteiger partial charge < -0.3 is 26.0 Å². The quantitative estimate of drug-likeness (QED) is 0.632. The van der Waals surface area contributed by atoms with Gasteiger partial charge in [0.15, 0.2) is 11.6 Å². The molecular weight excluding hydrogens is 418 g/mol. The predicted molar refractivity (Wildman–Crippen MR) is 111 cm³/mol. The summed E-state index contributed by atoms with van der Waals surface area (Å²) in [4.78, 5) is 25.7. The number of aromatic nitrogens is 1. The van der Waals surface area contributed by atoms with Crippen molar-refractivity contribution >= 4 is 39.8 Å². The Hall–Kier alpha value is -2.65. The molecule has 2 heterocycles. The normalized spacial score (nSPS) is 16.9. The Labute approximate surface area is 175 Å². The molecule has 160 valence electrons. The van der Waals surface area contributed by atoms with Crippen molar-refractivity contribution in [3.05, 3.63) is 44.2 Å². The van der Waals surface area contributed by atoms with Crippen LogP contribution in [0.2, 0.25) is 0 Å². The van der Waals surface area contributed by atoms with Crippen molar-refractivity contribution in [1.82, 2.24) is 4.57 Å². The van der Waals surface area contributed by atoms with Crippen LogP contribution in [0.4, 0.5) is 20.2 Å². The van der Waals surface area contributed by atoms with E-state index >= 15 is 8.78 Å². The SMILES string of the molecule is NCC(Cl)=C1CCN(c2c(F)c(N)c3c(=O)c(C(=O)O)cn(C4CC4)c3c2F)CC1. The molecule has 0 unspecified atom stereocenters. The Balaban J connectivity index is 1.92. The number of fused-ring (bicyclic) bond motifs is 1. The van der Waals surface area contributed by atoms with Crippen LogP contribution >= 0.6 is 11.6 Å². The number of hydrogen-bond acceptors (Lipinski definition) is 5. The van der Waals surface area contributed by atoms with E-state index in [-0.39, 0.29) is 23.8 Å². The molecule has 0 amide bonds. The van der Waals surface area contributed by atoms with Gasteiger partial charge in [-0.1, -0.05) is 17.2 Å². The van der Waals surface area contributed by atoms with Crippen LogP contribution in [0.3, 0.4) is 0 Å². The van der Waals surface area contributed by atoms with Gasteiger partial charge in [-0.15, -0.1) is 0 Å². The summed E-state index contributed by atoms with van der Waals surface area (Å²) in [5, 5.41) is 9.48. The van der Waals surface area contributed by atoms with E-state index in [1.807, 2.05) is 0 Å². The summed E-state index contributed by atoms with van der Waals surface area (Å²) in [5.74, 6) is -3.43. The fourth-order valence-electron chi connectivity index (χ4n) is 4.04. The Bertz CT molecular complexity index is 1150. The first-order valence-electron chi connectivity index (χ1n) is 9.66. The predicted octanol–water partition coefficient (Wildman–Crippen LogP) is 2.95. The summed E-state index contributed by atoms with van der Waals surface area (Å²) >= 11 is 6.11. The number of nitrogen functional groups attached to an aromatic ring is 1. The number of hydrogen-bond donors (Lipinski definition) is 3. The number of nitrogens with two attached hydrogens (primary N) is 2. The molecule has 4 rings (SSSR count). The van der Waals surface area contributed by atoms with Crippen LogP contribution in [0, 0.1) is 11.6 Å². The number of carboxylic acid groups (broad SMARTS) is 1. The fraction of sp³-hybridized carbons (Fsp3) is 0.400. The molecule has 10 heteroatoms. The smallest absolute Gasteiger partial charge is 0.341 e. The second kappa shape index (κ2) is 7.55. The topological polar surface area (TPSA) is 115 Å². The van der Waals surface area contributed by atoms with E-state index < -0.39 is 39.7 Å². The number of carbonyl (C=O) groups is 1. The van der Waals surface area contributed by atoms with Crippen molar-refractivity contribution < 1.29 is 18.7 Å². The third-order valence-electron chi connectivity index (χ3n) is 5.78. The summed E-state index contributed by atoms with van der Waals surface area (Å²) in [6, 6.07) is -0.155. The third kappa shape index (κ3) is 3.22. The first-order valence-corrected chi connectivity index (χ1v) is 10.0. The zero-order chi connectivity index (χ0) is 21.7. The highest BCUT2D eigenvalue weighted by molar-refractivity contribution is 6.30. The zero-order valence-corrected chi connectivity index (χ0v) is 16.8. The van der Waals surface area contributed by atoms with Gasteiger partial charge in [0.2, 0.25) is 5.43 Å². The van der Waals surface area contributed by atoms with E-state index in [0.29, 0.717) is 43.8 Å². The second-order valence-corrected chi connectivity index (χ2v) is 8.09. The molecule has 0 atom stereocenters. The number of anilines is 2. The fourth-order valence-corrected chi connectivity index (χ4v) is 4.23. The highest BCUT2D eigenvalue weighted by Gasteiger charge is 2.33. The number of piperidine rings is 1. The van der Waals surface area contributed by atoms with Crippen LogP contribution in [0.5, 0.6) is 0 Å². The van der Waals surface area contributed by atoms with Crippen LogP contribution < -0.4 is 21.8 Å². The van der Waals surface area contributed by atoms with Gasteiger partial charge in [0, 0.05) is 36.9 Å². The van der Waals surface area contributed by atoms with Crippen molar-refractivity contribution in [2.24, 2.45) is 5.73 Å². The largest absolute Gasteiger partial charge is 0.477 e. The molecule has 1 aliphatic heterocycles. The molecule has 1 saturated heterocycles. The first-order chi connectivity index (χ1) is 14.3. The number of aromatic carboxylic acids is 1. The number of rotatable bonds is 4. The van der Waals surface area contributed by atoms with E-state index in [2.05, 4.69) is 0 Å². The van der Waals surface area contributed by atoms with Crippen LogP contribution in [-0.4, -0.2) is 35.3 Å². The van der Waals surface area contributed by atoms with E-state index in [4.69, 9.17) is 23.1 Å². The Morgan fingerprint density at radius 3 is 2.40 bits per heavy atom. The minimum atomic E-state index is -1.47. The second-order valence-electron chi connectivity index (χ2n) is 7.63. The van der Waals surface area contributed by atoms with Crippen LogP contribution in [-0.2, 0) is 0 Å². The molecule has 2 aromatic rings. The minimum Gasteiger partial charge on any atom is -0.477 e. The molecular formula is C20H21ClF2N4O3. The summed E-state index contributed by atoms with van der Waals surface area (Å²) in [7, 11) is 0. The summed E-state index contributed by atoms with van der Waals surface area (Å²) < 4.78 is 32.3. The molecule has 1 aromatic heterocycles. The first kappa shape index (κ1) is 20.6. The van der Waals surface area contributed by atoms with Gasteiger partial charge in [-0.05, 0) is 25.7 Å². The Morgan fingerprint density at radius 2 is 1.87 bits per heavy atom. The van der Waals surface area contributed by atoms with Crippen molar-refractivity contribution in [3.63, 3.8) is 0 Å². The van der Waals surface area contributed by atoms with Crippen LogP contribution in [0.1, 0.15) is 42.1 Å². The van der Waals surface area contributed by atoms with E-state index in [9.17, 15) is 14.7 Å². The molecule has 1 aromatic carbocycles. The molecule has 0 spiro atoms. The Morgan fingerprint density at radius 1 is 1.23 bits per heavy atom. The van der Waals surface area contributed by atoms with Crippen molar-refractivity contribution in [2.75, 3.05) is 30.3 Å². The van der Waals surface area contributed by atoms with Crippen molar-refractivity contribution in [2.45, 2.75) is 31.7 Å². The highest BCUT2D eigenvalue weighted by Crippen LogP contribution is 2.42. The molecule has 30 heavy (non-hydrogen) atoms. The van der Waals surface area contributed by atoms with Crippen LogP contribution in [0.15, 0.2) is 21.6 Å².